The summed E-state index contributed by atoms with van der Waals surface area (Å²) in [5, 5.41) is 5.38. The van der Waals surface area contributed by atoms with E-state index >= 15 is 0 Å². The maximum absolute atomic E-state index is 12.5. The number of rotatable bonds is 5. The summed E-state index contributed by atoms with van der Waals surface area (Å²) in [5.41, 5.74) is 2.47. The first-order valence-electron chi connectivity index (χ1n) is 8.16. The predicted octanol–water partition coefficient (Wildman–Crippen LogP) is 2.86. The fraction of sp³-hybridized carbons (Fsp3) is 0.211. The number of nitrogens with zero attached hydrogens (tertiary/aromatic N) is 1. The summed E-state index contributed by atoms with van der Waals surface area (Å²) in [6, 6.07) is 13.7. The number of nitrogens with one attached hydrogen (secondary N) is 2. The normalized spacial score (nSPS) is 16.5. The van der Waals surface area contributed by atoms with Crippen LogP contribution in [-0.4, -0.2) is 35.3 Å². The SMILES string of the molecule is Cc1cc(Br)ccc1NC(=O)CN1C(=O)NC(Cc2ccccc2)C1=O. The molecular formula is C19H18BrN3O3. The third-order valence-corrected chi connectivity index (χ3v) is 4.65. The van der Waals surface area contributed by atoms with Crippen LogP contribution in [0.5, 0.6) is 0 Å². The van der Waals surface area contributed by atoms with Crippen molar-refractivity contribution in [2.45, 2.75) is 19.4 Å². The number of hydrogen-bond donors (Lipinski definition) is 2. The summed E-state index contributed by atoms with van der Waals surface area (Å²) in [4.78, 5) is 37.8. The molecule has 3 rings (SSSR count). The van der Waals surface area contributed by atoms with Gasteiger partial charge in [0.1, 0.15) is 12.6 Å². The Morgan fingerprint density at radius 3 is 2.62 bits per heavy atom. The van der Waals surface area contributed by atoms with Crippen molar-refractivity contribution in [1.29, 1.82) is 0 Å². The lowest BCUT2D eigenvalue weighted by Gasteiger charge is -2.14. The molecule has 2 N–H and O–H groups in total. The van der Waals surface area contributed by atoms with E-state index in [1.807, 2.05) is 49.4 Å². The first kappa shape index (κ1) is 18.1. The first-order valence-corrected chi connectivity index (χ1v) is 8.95. The minimum Gasteiger partial charge on any atom is -0.325 e. The van der Waals surface area contributed by atoms with Crippen LogP contribution in [0.2, 0.25) is 0 Å². The summed E-state index contributed by atoms with van der Waals surface area (Å²) >= 11 is 3.36. The van der Waals surface area contributed by atoms with Crippen molar-refractivity contribution in [3.05, 3.63) is 64.1 Å². The van der Waals surface area contributed by atoms with Gasteiger partial charge in [-0.25, -0.2) is 4.79 Å². The second-order valence-electron chi connectivity index (χ2n) is 6.12. The van der Waals surface area contributed by atoms with Crippen LogP contribution in [0.25, 0.3) is 0 Å². The van der Waals surface area contributed by atoms with Crippen molar-refractivity contribution in [1.82, 2.24) is 10.2 Å². The lowest BCUT2D eigenvalue weighted by Crippen LogP contribution is -2.38. The minimum atomic E-state index is -0.646. The van der Waals surface area contributed by atoms with E-state index in [0.717, 1.165) is 20.5 Å². The van der Waals surface area contributed by atoms with Crippen molar-refractivity contribution >= 4 is 39.5 Å². The van der Waals surface area contributed by atoms with E-state index in [1.165, 1.54) is 0 Å². The van der Waals surface area contributed by atoms with E-state index < -0.39 is 18.0 Å². The van der Waals surface area contributed by atoms with Crippen LogP contribution in [0, 0.1) is 6.92 Å². The maximum Gasteiger partial charge on any atom is 0.325 e. The Hall–Kier alpha value is -2.67. The highest BCUT2D eigenvalue weighted by atomic mass is 79.9. The van der Waals surface area contributed by atoms with Crippen molar-refractivity contribution in [2.75, 3.05) is 11.9 Å². The number of hydrogen-bond acceptors (Lipinski definition) is 3. The van der Waals surface area contributed by atoms with Crippen LogP contribution in [-0.2, 0) is 16.0 Å². The molecular weight excluding hydrogens is 398 g/mol. The maximum atomic E-state index is 12.5. The second-order valence-corrected chi connectivity index (χ2v) is 7.04. The lowest BCUT2D eigenvalue weighted by molar-refractivity contribution is -0.130. The number of amides is 4. The molecule has 0 saturated carbocycles. The van der Waals surface area contributed by atoms with Crippen LogP contribution in [0.4, 0.5) is 10.5 Å². The highest BCUT2D eigenvalue weighted by molar-refractivity contribution is 9.10. The van der Waals surface area contributed by atoms with E-state index in [-0.39, 0.29) is 12.5 Å². The van der Waals surface area contributed by atoms with Crippen LogP contribution < -0.4 is 10.6 Å². The van der Waals surface area contributed by atoms with Gasteiger partial charge in [-0.15, -0.1) is 0 Å². The van der Waals surface area contributed by atoms with Gasteiger partial charge in [0, 0.05) is 16.6 Å². The van der Waals surface area contributed by atoms with Gasteiger partial charge >= 0.3 is 6.03 Å². The van der Waals surface area contributed by atoms with Gasteiger partial charge in [0.25, 0.3) is 5.91 Å². The van der Waals surface area contributed by atoms with Crippen molar-refractivity contribution < 1.29 is 14.4 Å². The molecule has 2 aromatic rings. The number of benzene rings is 2. The molecule has 1 saturated heterocycles. The fourth-order valence-electron chi connectivity index (χ4n) is 2.82. The van der Waals surface area contributed by atoms with E-state index in [4.69, 9.17) is 0 Å². The van der Waals surface area contributed by atoms with Gasteiger partial charge in [-0.2, -0.15) is 0 Å². The highest BCUT2D eigenvalue weighted by Crippen LogP contribution is 2.20. The van der Waals surface area contributed by atoms with E-state index in [1.54, 1.807) is 6.07 Å². The van der Waals surface area contributed by atoms with Gasteiger partial charge in [-0.1, -0.05) is 46.3 Å². The molecule has 1 aliphatic heterocycles. The molecule has 6 nitrogen and oxygen atoms in total. The quantitative estimate of drug-likeness (QED) is 0.736. The Kier molecular flexibility index (Phi) is 5.37. The highest BCUT2D eigenvalue weighted by Gasteiger charge is 2.38. The van der Waals surface area contributed by atoms with Crippen molar-refractivity contribution in [3.63, 3.8) is 0 Å². The molecule has 1 atom stereocenters. The van der Waals surface area contributed by atoms with E-state index in [0.29, 0.717) is 12.1 Å². The predicted molar refractivity (Wildman–Crippen MR) is 102 cm³/mol. The third-order valence-electron chi connectivity index (χ3n) is 4.15. The first-order chi connectivity index (χ1) is 12.4. The molecule has 134 valence electrons. The molecule has 0 radical (unpaired) electrons. The summed E-state index contributed by atoms with van der Waals surface area (Å²) in [7, 11) is 0. The zero-order chi connectivity index (χ0) is 18.7. The molecule has 0 aliphatic carbocycles. The molecule has 0 bridgehead atoms. The van der Waals surface area contributed by atoms with Gasteiger partial charge < -0.3 is 10.6 Å². The Balaban J connectivity index is 1.63. The molecule has 26 heavy (non-hydrogen) atoms. The standard InChI is InChI=1S/C19H18BrN3O3/c1-12-9-14(20)7-8-15(12)21-17(24)11-23-18(25)16(22-19(23)26)10-13-5-3-2-4-6-13/h2-9,16H,10-11H2,1H3,(H,21,24)(H,22,26). The number of carbonyl (C=O) groups is 3. The van der Waals surface area contributed by atoms with Gasteiger partial charge in [0.05, 0.1) is 0 Å². The van der Waals surface area contributed by atoms with Gasteiger partial charge in [0.2, 0.25) is 5.91 Å². The summed E-state index contributed by atoms with van der Waals surface area (Å²) < 4.78 is 0.908. The Morgan fingerprint density at radius 1 is 1.19 bits per heavy atom. The van der Waals surface area contributed by atoms with Gasteiger partial charge in [-0.05, 0) is 36.2 Å². The molecule has 1 fully saturated rings. The monoisotopic (exact) mass is 415 g/mol. The zero-order valence-corrected chi connectivity index (χ0v) is 15.7. The van der Waals surface area contributed by atoms with Crippen LogP contribution in [0.15, 0.2) is 53.0 Å². The molecule has 1 aliphatic rings. The Labute approximate surface area is 159 Å². The zero-order valence-electron chi connectivity index (χ0n) is 14.2. The molecule has 1 heterocycles. The molecule has 0 spiro atoms. The second kappa shape index (κ2) is 7.70. The number of aryl methyl sites for hydroxylation is 1. The van der Waals surface area contributed by atoms with Crippen molar-refractivity contribution in [3.8, 4) is 0 Å². The number of halogens is 1. The summed E-state index contributed by atoms with van der Waals surface area (Å²) in [6.07, 6.45) is 0.398. The van der Waals surface area contributed by atoms with Crippen LogP contribution in [0.3, 0.4) is 0 Å². The largest absolute Gasteiger partial charge is 0.325 e. The fourth-order valence-corrected chi connectivity index (χ4v) is 3.29. The molecule has 2 aromatic carbocycles. The van der Waals surface area contributed by atoms with Crippen LogP contribution >= 0.6 is 15.9 Å². The lowest BCUT2D eigenvalue weighted by atomic mass is 10.1. The number of anilines is 1. The summed E-state index contributed by atoms with van der Waals surface area (Å²) in [5.74, 6) is -0.805. The Morgan fingerprint density at radius 2 is 1.92 bits per heavy atom. The number of urea groups is 1. The number of carbonyl (C=O) groups excluding carboxylic acids is 3. The molecule has 4 amide bonds. The molecule has 1 unspecified atom stereocenters. The molecule has 0 aromatic heterocycles. The van der Waals surface area contributed by atoms with Gasteiger partial charge in [0.15, 0.2) is 0 Å². The van der Waals surface area contributed by atoms with E-state index in [9.17, 15) is 14.4 Å². The Bertz CT molecular complexity index is 854. The average molecular weight is 416 g/mol. The molecule has 7 heteroatoms. The number of imide groups is 1. The van der Waals surface area contributed by atoms with Gasteiger partial charge in [-0.3, -0.25) is 14.5 Å². The third kappa shape index (κ3) is 4.11. The summed E-state index contributed by atoms with van der Waals surface area (Å²) in [6.45, 7) is 1.55. The smallest absolute Gasteiger partial charge is 0.325 e. The minimum absolute atomic E-state index is 0.314. The van der Waals surface area contributed by atoms with E-state index in [2.05, 4.69) is 26.6 Å². The average Bonchev–Trinajstić information content (AvgIpc) is 2.86. The van der Waals surface area contributed by atoms with Crippen LogP contribution in [0.1, 0.15) is 11.1 Å². The van der Waals surface area contributed by atoms with Crippen molar-refractivity contribution in [2.24, 2.45) is 0 Å². The topological polar surface area (TPSA) is 78.5 Å².